The molecule has 0 radical (unpaired) electrons. The van der Waals surface area contributed by atoms with Crippen LogP contribution in [0.5, 0.6) is 0 Å². The molecule has 26 heavy (non-hydrogen) atoms. The van der Waals surface area contributed by atoms with Gasteiger partial charge in [0.15, 0.2) is 0 Å². The maximum atomic E-state index is 13.1. The van der Waals surface area contributed by atoms with Gasteiger partial charge < -0.3 is 5.73 Å². The van der Waals surface area contributed by atoms with Crippen molar-refractivity contribution in [2.24, 2.45) is 5.73 Å². The average molecular weight is 366 g/mol. The van der Waals surface area contributed by atoms with E-state index in [-0.39, 0.29) is 11.4 Å². The number of nitrogens with zero attached hydrogens (tertiary/aromatic N) is 4. The first-order valence-electron chi connectivity index (χ1n) is 7.72. The number of nitriles is 1. The summed E-state index contributed by atoms with van der Waals surface area (Å²) < 4.78 is 3.22. The van der Waals surface area contributed by atoms with Crippen molar-refractivity contribution in [2.45, 2.75) is 6.04 Å². The molecule has 1 aliphatic rings. The number of hydrogen-bond donors (Lipinski definition) is 1. The van der Waals surface area contributed by atoms with Crippen molar-refractivity contribution in [3.05, 3.63) is 91.7 Å². The van der Waals surface area contributed by atoms with E-state index in [1.807, 2.05) is 6.07 Å². The molecule has 0 fully saturated rings. The van der Waals surface area contributed by atoms with Crippen LogP contribution in [0.4, 0.5) is 0 Å². The molecule has 128 valence electrons. The van der Waals surface area contributed by atoms with Crippen molar-refractivity contribution in [1.82, 2.24) is 13.9 Å². The lowest BCUT2D eigenvalue weighted by atomic mass is 10.0. The van der Waals surface area contributed by atoms with E-state index in [4.69, 9.17) is 17.3 Å². The molecule has 2 aromatic carbocycles. The molecule has 0 amide bonds. The predicted molar refractivity (Wildman–Crippen MR) is 96.9 cm³/mol. The molecule has 0 saturated heterocycles. The minimum Gasteiger partial charge on any atom is -0.383 e. The van der Waals surface area contributed by atoms with Gasteiger partial charge in [-0.05, 0) is 18.2 Å². The number of nitrogens with two attached hydrogens (primary N) is 1. The molecule has 0 aliphatic carbocycles. The van der Waals surface area contributed by atoms with Crippen LogP contribution in [-0.4, -0.2) is 13.9 Å². The Hall–Kier alpha value is -3.50. The van der Waals surface area contributed by atoms with Gasteiger partial charge in [0.25, 0.3) is 0 Å². The number of hydrogen-bond acceptors (Lipinski definition) is 4. The van der Waals surface area contributed by atoms with Crippen LogP contribution in [0.15, 0.2) is 69.8 Å². The summed E-state index contributed by atoms with van der Waals surface area (Å²) >= 11 is 6.27. The highest BCUT2D eigenvalue weighted by Gasteiger charge is 2.37. The molecule has 0 bridgehead atoms. The number of benzene rings is 2. The Bertz CT molecular complexity index is 1210. The molecule has 4 rings (SSSR count). The summed E-state index contributed by atoms with van der Waals surface area (Å²) in [5.41, 5.74) is 5.85. The Balaban J connectivity index is 2.07. The van der Waals surface area contributed by atoms with Gasteiger partial charge in [-0.25, -0.2) is 18.8 Å². The fourth-order valence-corrected chi connectivity index (χ4v) is 3.42. The fraction of sp³-hybridized carbons (Fsp3) is 0.0556. The van der Waals surface area contributed by atoms with Gasteiger partial charge >= 0.3 is 11.4 Å². The smallest absolute Gasteiger partial charge is 0.358 e. The van der Waals surface area contributed by atoms with Gasteiger partial charge in [-0.1, -0.05) is 48.0 Å². The first kappa shape index (κ1) is 16.0. The molecule has 1 unspecified atom stereocenters. The van der Waals surface area contributed by atoms with Crippen molar-refractivity contribution in [1.29, 1.82) is 5.26 Å². The van der Waals surface area contributed by atoms with Crippen LogP contribution in [0.3, 0.4) is 0 Å². The summed E-state index contributed by atoms with van der Waals surface area (Å²) in [6, 6.07) is 16.5. The normalized spacial score (nSPS) is 15.8. The Morgan fingerprint density at radius 2 is 1.65 bits per heavy atom. The van der Waals surface area contributed by atoms with Gasteiger partial charge in [0.2, 0.25) is 0 Å². The topological polar surface area (TPSA) is 98.7 Å². The number of allylic oxidation sites excluding steroid dienone is 1. The Morgan fingerprint density at radius 3 is 2.31 bits per heavy atom. The van der Waals surface area contributed by atoms with Crippen LogP contribution in [0.1, 0.15) is 11.6 Å². The lowest BCUT2D eigenvalue weighted by molar-refractivity contribution is 0.554. The zero-order valence-electron chi connectivity index (χ0n) is 13.3. The molecule has 0 spiro atoms. The molecule has 7 nitrogen and oxygen atoms in total. The first-order valence-corrected chi connectivity index (χ1v) is 8.10. The quantitative estimate of drug-likeness (QED) is 0.747. The van der Waals surface area contributed by atoms with Crippen LogP contribution in [0.2, 0.25) is 5.02 Å². The molecule has 2 heterocycles. The van der Waals surface area contributed by atoms with Gasteiger partial charge in [0, 0.05) is 10.6 Å². The van der Waals surface area contributed by atoms with Crippen LogP contribution < -0.4 is 17.1 Å². The maximum absolute atomic E-state index is 13.1. The van der Waals surface area contributed by atoms with Gasteiger partial charge in [-0.2, -0.15) is 9.94 Å². The van der Waals surface area contributed by atoms with E-state index >= 15 is 0 Å². The average Bonchev–Trinajstić information content (AvgIpc) is 3.08. The van der Waals surface area contributed by atoms with Gasteiger partial charge in [-0.15, -0.1) is 0 Å². The van der Waals surface area contributed by atoms with E-state index in [1.165, 1.54) is 4.68 Å². The van der Waals surface area contributed by atoms with Crippen molar-refractivity contribution >= 4 is 17.4 Å². The van der Waals surface area contributed by atoms with Crippen LogP contribution >= 0.6 is 11.6 Å². The van der Waals surface area contributed by atoms with E-state index in [0.717, 1.165) is 9.25 Å². The second kappa shape index (κ2) is 5.79. The van der Waals surface area contributed by atoms with Gasteiger partial charge in [0.1, 0.15) is 23.5 Å². The third kappa shape index (κ3) is 2.06. The Kier molecular flexibility index (Phi) is 3.56. The van der Waals surface area contributed by atoms with Crippen molar-refractivity contribution in [3.8, 4) is 11.8 Å². The second-order valence-corrected chi connectivity index (χ2v) is 6.13. The van der Waals surface area contributed by atoms with E-state index in [0.29, 0.717) is 16.3 Å². The minimum atomic E-state index is -0.862. The Labute approximate surface area is 152 Å². The van der Waals surface area contributed by atoms with E-state index in [1.54, 1.807) is 54.6 Å². The highest BCUT2D eigenvalue weighted by Crippen LogP contribution is 2.35. The number of halogens is 1. The zero-order chi connectivity index (χ0) is 18.4. The molecule has 0 saturated carbocycles. The summed E-state index contributed by atoms with van der Waals surface area (Å²) in [4.78, 5) is 25.9. The summed E-state index contributed by atoms with van der Waals surface area (Å²) in [6.45, 7) is 0. The largest absolute Gasteiger partial charge is 0.383 e. The minimum absolute atomic E-state index is 0.0748. The predicted octanol–water partition coefficient (Wildman–Crippen LogP) is 1.71. The van der Waals surface area contributed by atoms with Crippen molar-refractivity contribution in [2.75, 3.05) is 0 Å². The molecule has 2 N–H and O–H groups in total. The number of para-hydroxylation sites is 1. The summed E-state index contributed by atoms with van der Waals surface area (Å²) in [7, 11) is 0. The van der Waals surface area contributed by atoms with Gasteiger partial charge in [-0.3, -0.25) is 0 Å². The molecule has 8 heteroatoms. The van der Waals surface area contributed by atoms with E-state index < -0.39 is 17.4 Å². The van der Waals surface area contributed by atoms with E-state index in [9.17, 15) is 14.9 Å². The highest BCUT2D eigenvalue weighted by atomic mass is 35.5. The lowest BCUT2D eigenvalue weighted by Gasteiger charge is -2.14. The number of rotatable bonds is 2. The summed E-state index contributed by atoms with van der Waals surface area (Å²) in [5.74, 6) is -0.0748. The Morgan fingerprint density at radius 1 is 1.00 bits per heavy atom. The third-order valence-corrected chi connectivity index (χ3v) is 4.68. The number of fused-ring (bicyclic) bond motifs is 1. The van der Waals surface area contributed by atoms with Gasteiger partial charge in [0.05, 0.1) is 5.69 Å². The standard InChI is InChI=1S/C18H12ClN5O2/c19-14-9-5-4-8-12(14)15-13(10-20)16(21)24-18(26)22(17(25)23(15)24)11-6-2-1-3-7-11/h1-9,15H,21H2. The van der Waals surface area contributed by atoms with Crippen LogP contribution in [-0.2, 0) is 0 Å². The number of aromatic nitrogens is 3. The first-order chi connectivity index (χ1) is 12.6. The highest BCUT2D eigenvalue weighted by molar-refractivity contribution is 6.31. The SMILES string of the molecule is N#CC1=C(N)n2c(=O)n(-c3ccccc3)c(=O)n2C1c1ccccc1Cl. The fourth-order valence-electron chi connectivity index (χ4n) is 3.18. The maximum Gasteiger partial charge on any atom is 0.358 e. The van der Waals surface area contributed by atoms with E-state index in [2.05, 4.69) is 0 Å². The molecular formula is C18H12ClN5O2. The third-order valence-electron chi connectivity index (χ3n) is 4.33. The van der Waals surface area contributed by atoms with Crippen LogP contribution in [0.25, 0.3) is 11.5 Å². The monoisotopic (exact) mass is 365 g/mol. The molecule has 1 atom stereocenters. The molecule has 1 aliphatic heterocycles. The molecule has 1 aromatic heterocycles. The summed E-state index contributed by atoms with van der Waals surface area (Å²) in [5, 5.41) is 9.92. The van der Waals surface area contributed by atoms with Crippen molar-refractivity contribution < 1.29 is 0 Å². The van der Waals surface area contributed by atoms with Crippen LogP contribution in [0, 0.1) is 11.3 Å². The summed E-state index contributed by atoms with van der Waals surface area (Å²) in [6.07, 6.45) is 0. The lowest BCUT2D eigenvalue weighted by Crippen LogP contribution is -2.30. The van der Waals surface area contributed by atoms with Crippen molar-refractivity contribution in [3.63, 3.8) is 0 Å². The second-order valence-electron chi connectivity index (χ2n) is 5.73. The molecule has 3 aromatic rings. The molecular weight excluding hydrogens is 354 g/mol. The zero-order valence-corrected chi connectivity index (χ0v) is 14.1.